The van der Waals surface area contributed by atoms with Gasteiger partial charge in [0.05, 0.1) is 5.92 Å². The first kappa shape index (κ1) is 18.1. The second-order valence-corrected chi connectivity index (χ2v) is 8.38. The molecule has 2 N–H and O–H groups in total. The number of anilines is 1. The molecule has 2 saturated heterocycles. The van der Waals surface area contributed by atoms with Crippen molar-refractivity contribution in [2.24, 2.45) is 17.1 Å². The molecule has 146 valence electrons. The largest absolute Gasteiger partial charge is 0.486 e. The Morgan fingerprint density at radius 3 is 2.70 bits per heavy atom. The van der Waals surface area contributed by atoms with Crippen LogP contribution in [-0.4, -0.2) is 55.6 Å². The molecule has 0 radical (unpaired) electrons. The van der Waals surface area contributed by atoms with E-state index in [-0.39, 0.29) is 35.6 Å². The fourth-order valence-electron chi connectivity index (χ4n) is 4.14. The average Bonchev–Trinajstić information content (AvgIpc) is 3.04. The van der Waals surface area contributed by atoms with Gasteiger partial charge in [0.1, 0.15) is 13.2 Å². The van der Waals surface area contributed by atoms with Crippen LogP contribution in [0.1, 0.15) is 26.7 Å². The molecule has 0 aliphatic carbocycles. The normalized spacial score (nSPS) is 27.0. The van der Waals surface area contributed by atoms with Crippen molar-refractivity contribution in [2.75, 3.05) is 37.7 Å². The Balaban J connectivity index is 1.47. The monoisotopic (exact) mass is 373 g/mol. The highest BCUT2D eigenvalue weighted by molar-refractivity contribution is 6.00. The van der Waals surface area contributed by atoms with Crippen LogP contribution in [0.15, 0.2) is 18.2 Å². The maximum Gasteiger partial charge on any atom is 0.228 e. The maximum absolute atomic E-state index is 13.0. The number of benzene rings is 1. The second-order valence-electron chi connectivity index (χ2n) is 8.38. The number of carbonyl (C=O) groups is 2. The summed E-state index contributed by atoms with van der Waals surface area (Å²) in [4.78, 5) is 29.2. The molecule has 0 aromatic heterocycles. The van der Waals surface area contributed by atoms with E-state index < -0.39 is 0 Å². The molecule has 3 heterocycles. The smallest absolute Gasteiger partial charge is 0.228 e. The maximum atomic E-state index is 13.0. The summed E-state index contributed by atoms with van der Waals surface area (Å²) < 4.78 is 11.1. The summed E-state index contributed by atoms with van der Waals surface area (Å²) in [5.41, 5.74) is 6.83. The van der Waals surface area contributed by atoms with Crippen molar-refractivity contribution in [3.05, 3.63) is 18.2 Å². The zero-order chi connectivity index (χ0) is 19.2. The molecule has 0 bridgehead atoms. The van der Waals surface area contributed by atoms with Crippen LogP contribution in [0.4, 0.5) is 5.69 Å². The molecule has 0 saturated carbocycles. The highest BCUT2D eigenvalue weighted by Crippen LogP contribution is 2.36. The highest BCUT2D eigenvalue weighted by Gasteiger charge is 2.41. The van der Waals surface area contributed by atoms with Crippen LogP contribution in [0.2, 0.25) is 0 Å². The van der Waals surface area contributed by atoms with Crippen LogP contribution in [0, 0.1) is 11.3 Å². The number of nitrogens with zero attached hydrogens (tertiary/aromatic N) is 2. The molecule has 27 heavy (non-hydrogen) atoms. The number of rotatable bonds is 2. The number of likely N-dealkylation sites (tertiary alicyclic amines) is 1. The molecule has 7 heteroatoms. The summed E-state index contributed by atoms with van der Waals surface area (Å²) in [5.74, 6) is 1.06. The summed E-state index contributed by atoms with van der Waals surface area (Å²) in [6, 6.07) is 5.59. The number of fused-ring (bicyclic) bond motifs is 1. The van der Waals surface area contributed by atoms with Crippen molar-refractivity contribution < 1.29 is 19.1 Å². The Morgan fingerprint density at radius 1 is 1.22 bits per heavy atom. The van der Waals surface area contributed by atoms with E-state index in [4.69, 9.17) is 15.2 Å². The summed E-state index contributed by atoms with van der Waals surface area (Å²) in [5, 5.41) is 0. The third kappa shape index (κ3) is 3.36. The molecule has 2 fully saturated rings. The third-order valence-corrected chi connectivity index (χ3v) is 5.94. The van der Waals surface area contributed by atoms with E-state index in [0.717, 1.165) is 12.1 Å². The first-order chi connectivity index (χ1) is 12.8. The molecule has 2 amide bonds. The Morgan fingerprint density at radius 2 is 1.96 bits per heavy atom. The summed E-state index contributed by atoms with van der Waals surface area (Å²) in [6.45, 7) is 6.93. The summed E-state index contributed by atoms with van der Waals surface area (Å²) >= 11 is 0. The van der Waals surface area contributed by atoms with Gasteiger partial charge < -0.3 is 25.0 Å². The van der Waals surface area contributed by atoms with Crippen LogP contribution >= 0.6 is 0 Å². The van der Waals surface area contributed by atoms with Gasteiger partial charge in [-0.3, -0.25) is 9.59 Å². The minimum atomic E-state index is -0.309. The Kier molecular flexibility index (Phi) is 4.50. The van der Waals surface area contributed by atoms with E-state index in [1.54, 1.807) is 4.90 Å². The zero-order valence-corrected chi connectivity index (χ0v) is 15.9. The lowest BCUT2D eigenvalue weighted by Crippen LogP contribution is -2.55. The van der Waals surface area contributed by atoms with Gasteiger partial charge in [0.25, 0.3) is 0 Å². The molecule has 0 spiro atoms. The molecule has 3 aliphatic heterocycles. The minimum absolute atomic E-state index is 0.0296. The standard InChI is InChI=1S/C20H27N3O4/c1-20(2)12-22(6-5-17(20)21)19(25)13-9-18(24)23(11-13)14-3-4-15-16(10-14)27-8-7-26-15/h3-4,10,13,17H,5-9,11-12,21H2,1-2H3. The number of piperidine rings is 1. The highest BCUT2D eigenvalue weighted by atomic mass is 16.6. The Bertz CT molecular complexity index is 764. The minimum Gasteiger partial charge on any atom is -0.486 e. The van der Waals surface area contributed by atoms with Crippen LogP contribution in [-0.2, 0) is 9.59 Å². The average molecular weight is 373 g/mol. The van der Waals surface area contributed by atoms with Crippen molar-refractivity contribution in [1.29, 1.82) is 0 Å². The molecular formula is C20H27N3O4. The number of ether oxygens (including phenoxy) is 2. The van der Waals surface area contributed by atoms with Gasteiger partial charge in [-0.1, -0.05) is 13.8 Å². The fraction of sp³-hybridized carbons (Fsp3) is 0.600. The van der Waals surface area contributed by atoms with E-state index in [2.05, 4.69) is 13.8 Å². The molecule has 4 rings (SSSR count). The molecule has 2 atom stereocenters. The van der Waals surface area contributed by atoms with Gasteiger partial charge in [0, 0.05) is 43.9 Å². The third-order valence-electron chi connectivity index (χ3n) is 5.94. The van der Waals surface area contributed by atoms with Gasteiger partial charge in [0.15, 0.2) is 11.5 Å². The number of carbonyl (C=O) groups excluding carboxylic acids is 2. The Hall–Kier alpha value is -2.28. The second kappa shape index (κ2) is 6.71. The number of nitrogens with two attached hydrogens (primary N) is 1. The lowest BCUT2D eigenvalue weighted by Gasteiger charge is -2.43. The van der Waals surface area contributed by atoms with Crippen molar-refractivity contribution in [3.63, 3.8) is 0 Å². The predicted octanol–water partition coefficient (Wildman–Crippen LogP) is 1.40. The van der Waals surface area contributed by atoms with E-state index in [0.29, 0.717) is 44.3 Å². The number of hydrogen-bond donors (Lipinski definition) is 1. The van der Waals surface area contributed by atoms with E-state index in [9.17, 15) is 9.59 Å². The summed E-state index contributed by atoms with van der Waals surface area (Å²) in [6.07, 6.45) is 1.04. The van der Waals surface area contributed by atoms with Gasteiger partial charge in [-0.05, 0) is 24.0 Å². The van der Waals surface area contributed by atoms with E-state index in [1.807, 2.05) is 23.1 Å². The van der Waals surface area contributed by atoms with Crippen LogP contribution in [0.3, 0.4) is 0 Å². The van der Waals surface area contributed by atoms with Gasteiger partial charge >= 0.3 is 0 Å². The predicted molar refractivity (Wildman–Crippen MR) is 101 cm³/mol. The molecule has 1 aromatic carbocycles. The first-order valence-corrected chi connectivity index (χ1v) is 9.59. The van der Waals surface area contributed by atoms with Gasteiger partial charge in [0.2, 0.25) is 11.8 Å². The number of hydrogen-bond acceptors (Lipinski definition) is 5. The quantitative estimate of drug-likeness (QED) is 0.847. The van der Waals surface area contributed by atoms with Crippen LogP contribution in [0.5, 0.6) is 11.5 Å². The summed E-state index contributed by atoms with van der Waals surface area (Å²) in [7, 11) is 0. The van der Waals surface area contributed by atoms with Gasteiger partial charge in [-0.15, -0.1) is 0 Å². The lowest BCUT2D eigenvalue weighted by atomic mass is 9.79. The van der Waals surface area contributed by atoms with Gasteiger partial charge in [-0.25, -0.2) is 0 Å². The van der Waals surface area contributed by atoms with Crippen molar-refractivity contribution >= 4 is 17.5 Å². The topological polar surface area (TPSA) is 85.1 Å². The SMILES string of the molecule is CC1(C)CN(C(=O)C2CC(=O)N(c3ccc4c(c3)OCCO4)C2)CCC1N. The fourth-order valence-corrected chi connectivity index (χ4v) is 4.14. The molecule has 1 aromatic rings. The molecule has 2 unspecified atom stereocenters. The van der Waals surface area contributed by atoms with Crippen molar-refractivity contribution in [1.82, 2.24) is 4.90 Å². The zero-order valence-electron chi connectivity index (χ0n) is 15.9. The van der Waals surface area contributed by atoms with E-state index in [1.165, 1.54) is 0 Å². The van der Waals surface area contributed by atoms with E-state index >= 15 is 0 Å². The molecular weight excluding hydrogens is 346 g/mol. The molecule has 7 nitrogen and oxygen atoms in total. The van der Waals surface area contributed by atoms with Crippen LogP contribution < -0.4 is 20.1 Å². The Labute approximate surface area is 159 Å². The van der Waals surface area contributed by atoms with Crippen LogP contribution in [0.25, 0.3) is 0 Å². The van der Waals surface area contributed by atoms with Gasteiger partial charge in [-0.2, -0.15) is 0 Å². The van der Waals surface area contributed by atoms with Crippen molar-refractivity contribution in [2.45, 2.75) is 32.7 Å². The molecule has 3 aliphatic rings. The number of amides is 2. The lowest BCUT2D eigenvalue weighted by molar-refractivity contribution is -0.139. The van der Waals surface area contributed by atoms with Crippen molar-refractivity contribution in [3.8, 4) is 11.5 Å². The first-order valence-electron chi connectivity index (χ1n) is 9.59.